The molecule has 0 N–H and O–H groups in total. The van der Waals surface area contributed by atoms with Crippen molar-refractivity contribution in [3.8, 4) is 0 Å². The van der Waals surface area contributed by atoms with E-state index in [2.05, 4.69) is 4.99 Å². The molecule has 4 rings (SSSR count). The maximum atomic E-state index is 13.1. The first-order chi connectivity index (χ1) is 17.6. The van der Waals surface area contributed by atoms with E-state index in [1.807, 2.05) is 26.0 Å². The maximum Gasteiger partial charge on any atom is 0.326 e. The zero-order valence-corrected chi connectivity index (χ0v) is 23.3. The van der Waals surface area contributed by atoms with Gasteiger partial charge in [-0.05, 0) is 75.1 Å². The summed E-state index contributed by atoms with van der Waals surface area (Å²) < 4.78 is 35.5. The number of fused-ring (bicyclic) bond motifs is 1. The van der Waals surface area contributed by atoms with Gasteiger partial charge in [-0.15, -0.1) is 0 Å². The summed E-state index contributed by atoms with van der Waals surface area (Å²) in [6.07, 6.45) is 4.94. The molecule has 3 aromatic rings. The van der Waals surface area contributed by atoms with E-state index in [0.717, 1.165) is 53.4 Å². The molecule has 1 saturated carbocycles. The molecule has 0 spiro atoms. The Balaban J connectivity index is 1.66. The number of hydrogen-bond donors (Lipinski definition) is 0. The van der Waals surface area contributed by atoms with Crippen LogP contribution in [-0.2, 0) is 26.1 Å². The zero-order valence-electron chi connectivity index (χ0n) is 21.7. The predicted molar refractivity (Wildman–Crippen MR) is 144 cm³/mol. The first-order valence-corrected chi connectivity index (χ1v) is 14.8. The molecule has 198 valence electrons. The number of esters is 1. The van der Waals surface area contributed by atoms with Gasteiger partial charge in [0.25, 0.3) is 5.91 Å². The summed E-state index contributed by atoms with van der Waals surface area (Å²) in [7, 11) is -2.02. The third-order valence-corrected chi connectivity index (χ3v) is 9.72. The van der Waals surface area contributed by atoms with E-state index >= 15 is 0 Å². The summed E-state index contributed by atoms with van der Waals surface area (Å²) in [5.41, 5.74) is 3.15. The minimum absolute atomic E-state index is 0.00459. The van der Waals surface area contributed by atoms with E-state index in [0.29, 0.717) is 4.80 Å². The molecule has 8 nitrogen and oxygen atoms in total. The highest BCUT2D eigenvalue weighted by molar-refractivity contribution is 7.89. The van der Waals surface area contributed by atoms with Gasteiger partial charge >= 0.3 is 5.97 Å². The quantitative estimate of drug-likeness (QED) is 0.407. The molecule has 37 heavy (non-hydrogen) atoms. The van der Waals surface area contributed by atoms with Gasteiger partial charge in [-0.3, -0.25) is 9.59 Å². The van der Waals surface area contributed by atoms with Gasteiger partial charge in [0.1, 0.15) is 6.54 Å². The van der Waals surface area contributed by atoms with Crippen molar-refractivity contribution in [3.05, 3.63) is 57.9 Å². The zero-order chi connectivity index (χ0) is 26.7. The second-order valence-electron chi connectivity index (χ2n) is 9.46. The first-order valence-electron chi connectivity index (χ1n) is 12.5. The van der Waals surface area contributed by atoms with E-state index in [-0.39, 0.29) is 29.7 Å². The molecule has 1 amide bonds. The Morgan fingerprint density at radius 1 is 1.11 bits per heavy atom. The number of aromatic nitrogens is 1. The summed E-state index contributed by atoms with van der Waals surface area (Å²) in [6, 6.07) is 9.93. The summed E-state index contributed by atoms with van der Waals surface area (Å²) in [5.74, 6) is -0.921. The van der Waals surface area contributed by atoms with Crippen LogP contribution in [0.1, 0.15) is 60.5 Å². The molecule has 1 heterocycles. The van der Waals surface area contributed by atoms with E-state index in [4.69, 9.17) is 4.74 Å². The standard InChI is InChI=1S/C27H33N3O5S2/c1-5-35-24(31)17-30-25-19(3)15-18(2)16-23(25)36-27(30)28-26(32)20-11-13-22(14-12-20)37(33,34)29(4)21-9-7-6-8-10-21/h11-16,21H,5-10,17H2,1-4H3. The molecule has 0 atom stereocenters. The predicted octanol–water partition coefficient (Wildman–Crippen LogP) is 4.58. The van der Waals surface area contributed by atoms with Crippen molar-refractivity contribution in [2.45, 2.75) is 70.4 Å². The molecule has 0 aliphatic heterocycles. The summed E-state index contributed by atoms with van der Waals surface area (Å²) in [4.78, 5) is 30.3. The molecule has 2 aromatic carbocycles. The number of nitrogens with zero attached hydrogens (tertiary/aromatic N) is 3. The van der Waals surface area contributed by atoms with Gasteiger partial charge in [0, 0.05) is 18.7 Å². The molecule has 0 bridgehead atoms. The molecule has 0 saturated heterocycles. The van der Waals surface area contributed by atoms with Crippen molar-refractivity contribution in [1.82, 2.24) is 8.87 Å². The second kappa shape index (κ2) is 11.3. The number of aryl methyl sites for hydroxylation is 2. The maximum absolute atomic E-state index is 13.1. The fourth-order valence-corrected chi connectivity index (χ4v) is 7.51. The van der Waals surface area contributed by atoms with Crippen LogP contribution in [0.3, 0.4) is 0 Å². The van der Waals surface area contributed by atoms with Gasteiger partial charge in [-0.1, -0.05) is 36.7 Å². The minimum atomic E-state index is -3.65. The van der Waals surface area contributed by atoms with Gasteiger partial charge < -0.3 is 9.30 Å². The summed E-state index contributed by atoms with van der Waals surface area (Å²) >= 11 is 1.33. The van der Waals surface area contributed by atoms with Gasteiger partial charge in [-0.2, -0.15) is 9.30 Å². The number of ether oxygens (including phenoxy) is 1. The average molecular weight is 544 g/mol. The molecular formula is C27H33N3O5S2. The van der Waals surface area contributed by atoms with Crippen molar-refractivity contribution < 1.29 is 22.7 Å². The SMILES string of the molecule is CCOC(=O)Cn1c(=NC(=O)c2ccc(S(=O)(=O)N(C)C3CCCCC3)cc2)sc2cc(C)cc(C)c21. The average Bonchev–Trinajstić information content (AvgIpc) is 3.20. The number of sulfonamides is 1. The molecular weight excluding hydrogens is 510 g/mol. The van der Waals surface area contributed by atoms with Crippen LogP contribution in [0.4, 0.5) is 0 Å². The highest BCUT2D eigenvalue weighted by atomic mass is 32.2. The fraction of sp³-hybridized carbons (Fsp3) is 0.444. The Labute approximate surface area is 221 Å². The fourth-order valence-electron chi connectivity index (χ4n) is 4.89. The molecule has 1 fully saturated rings. The highest BCUT2D eigenvalue weighted by Gasteiger charge is 2.29. The highest BCUT2D eigenvalue weighted by Crippen LogP contribution is 2.27. The minimum Gasteiger partial charge on any atom is -0.465 e. The first kappa shape index (κ1) is 27.2. The van der Waals surface area contributed by atoms with Crippen LogP contribution >= 0.6 is 11.3 Å². The van der Waals surface area contributed by atoms with Crippen LogP contribution in [0.25, 0.3) is 10.2 Å². The van der Waals surface area contributed by atoms with Crippen molar-refractivity contribution in [2.24, 2.45) is 4.99 Å². The number of carbonyl (C=O) groups excluding carboxylic acids is 2. The summed E-state index contributed by atoms with van der Waals surface area (Å²) in [6.45, 7) is 5.89. The van der Waals surface area contributed by atoms with E-state index in [1.165, 1.54) is 39.9 Å². The third-order valence-electron chi connectivity index (χ3n) is 6.77. The van der Waals surface area contributed by atoms with Crippen molar-refractivity contribution in [2.75, 3.05) is 13.7 Å². The van der Waals surface area contributed by atoms with Crippen LogP contribution in [0.15, 0.2) is 46.3 Å². The molecule has 1 aliphatic rings. The lowest BCUT2D eigenvalue weighted by Crippen LogP contribution is -2.38. The van der Waals surface area contributed by atoms with Crippen LogP contribution in [0.5, 0.6) is 0 Å². The molecule has 0 radical (unpaired) electrons. The molecule has 10 heteroatoms. The summed E-state index contributed by atoms with van der Waals surface area (Å²) in [5, 5.41) is 0. The lowest BCUT2D eigenvalue weighted by molar-refractivity contribution is -0.143. The van der Waals surface area contributed by atoms with Crippen molar-refractivity contribution in [3.63, 3.8) is 0 Å². The Bertz CT molecular complexity index is 1480. The van der Waals surface area contributed by atoms with Crippen LogP contribution < -0.4 is 4.80 Å². The normalized spacial score (nSPS) is 15.4. The Hall–Kier alpha value is -2.82. The number of carbonyl (C=O) groups is 2. The van der Waals surface area contributed by atoms with Crippen molar-refractivity contribution >= 4 is 43.5 Å². The lowest BCUT2D eigenvalue weighted by atomic mass is 9.96. The van der Waals surface area contributed by atoms with Gasteiger partial charge in [-0.25, -0.2) is 8.42 Å². The largest absolute Gasteiger partial charge is 0.465 e. The van der Waals surface area contributed by atoms with Gasteiger partial charge in [0.2, 0.25) is 10.0 Å². The van der Waals surface area contributed by atoms with Crippen LogP contribution in [0.2, 0.25) is 0 Å². The smallest absolute Gasteiger partial charge is 0.326 e. The Morgan fingerprint density at radius 3 is 2.43 bits per heavy atom. The number of amides is 1. The van der Waals surface area contributed by atoms with E-state index in [1.54, 1.807) is 18.5 Å². The van der Waals surface area contributed by atoms with Gasteiger partial charge in [0.15, 0.2) is 4.80 Å². The van der Waals surface area contributed by atoms with E-state index < -0.39 is 21.9 Å². The number of benzene rings is 2. The Morgan fingerprint density at radius 2 is 1.78 bits per heavy atom. The van der Waals surface area contributed by atoms with Crippen molar-refractivity contribution in [1.29, 1.82) is 0 Å². The number of rotatable bonds is 7. The van der Waals surface area contributed by atoms with Gasteiger partial charge in [0.05, 0.1) is 21.7 Å². The molecule has 1 aliphatic carbocycles. The van der Waals surface area contributed by atoms with Crippen LogP contribution in [0, 0.1) is 13.8 Å². The topological polar surface area (TPSA) is 98.0 Å². The monoisotopic (exact) mass is 543 g/mol. The van der Waals surface area contributed by atoms with Crippen LogP contribution in [-0.4, -0.2) is 48.9 Å². The van der Waals surface area contributed by atoms with E-state index in [9.17, 15) is 18.0 Å². The number of thiazole rings is 1. The molecule has 1 aromatic heterocycles. The lowest BCUT2D eigenvalue weighted by Gasteiger charge is -2.30. The number of hydrogen-bond acceptors (Lipinski definition) is 6. The molecule has 0 unspecified atom stereocenters. The third kappa shape index (κ3) is 5.86. The second-order valence-corrected chi connectivity index (χ2v) is 12.5. The Kier molecular flexibility index (Phi) is 8.30.